The van der Waals surface area contributed by atoms with E-state index in [4.69, 9.17) is 9.84 Å². The van der Waals surface area contributed by atoms with E-state index in [0.29, 0.717) is 58.3 Å². The van der Waals surface area contributed by atoms with Gasteiger partial charge in [-0.15, -0.1) is 22.7 Å². The van der Waals surface area contributed by atoms with Gasteiger partial charge in [-0.25, -0.2) is 9.59 Å². The van der Waals surface area contributed by atoms with Crippen LogP contribution in [0, 0.1) is 58.2 Å². The molecule has 2 heterocycles. The van der Waals surface area contributed by atoms with Crippen LogP contribution in [0.1, 0.15) is 164 Å². The molecule has 2 aliphatic rings. The van der Waals surface area contributed by atoms with Crippen LogP contribution in [-0.4, -0.2) is 117 Å². The molecule has 0 aliphatic heterocycles. The Morgan fingerprint density at radius 3 is 1.22 bits per heavy atom. The number of esters is 1. The number of ether oxygens (including phenoxy) is 1. The molecule has 4 amide bonds. The fourth-order valence-corrected chi connectivity index (χ4v) is 9.61. The average Bonchev–Trinajstić information content (AvgIpc) is 3.94. The number of thiophene rings is 2. The van der Waals surface area contributed by atoms with Crippen molar-refractivity contribution in [1.29, 1.82) is 0 Å². The number of carboxylic acids is 1. The topological polar surface area (TPSA) is 188 Å². The first-order valence-corrected chi connectivity index (χ1v) is 30.5. The van der Waals surface area contributed by atoms with Gasteiger partial charge in [0.05, 0.1) is 28.2 Å². The van der Waals surface area contributed by atoms with Crippen LogP contribution in [-0.2, 0) is 23.9 Å². The van der Waals surface area contributed by atoms with Gasteiger partial charge in [-0.2, -0.15) is 0 Å². The molecule has 0 atom stereocenters. The zero-order valence-electron chi connectivity index (χ0n) is 47.6. The summed E-state index contributed by atoms with van der Waals surface area (Å²) in [6.45, 7) is 31.3. The summed E-state index contributed by atoms with van der Waals surface area (Å²) in [5.41, 5.74) is 0.266. The number of carbonyl (C=O) groups is 6. The van der Waals surface area contributed by atoms with E-state index in [-0.39, 0.29) is 121 Å². The van der Waals surface area contributed by atoms with E-state index in [1.165, 1.54) is 28.2 Å². The van der Waals surface area contributed by atoms with Crippen molar-refractivity contribution in [1.82, 2.24) is 9.80 Å². The standard InChI is InChI=1S/C26H38N2O4S.C25H36N2O4S.C3H9OSi.CH4O.K/c1-8-27(9-2)22(29)17-28(24(30)19-12-10-18(3)11-13-19)21-16-20(14-15-26(4,5)6)33-23(21)25(31)32-7;1-7-26(8-2)21(28)16-27(23(29)18-11-9-17(3)10-12-18)20-15-19(13-14-25(4,5)6)32-22(20)24(30)31;1-5(2,3)4;1-2;/h16,18-19H,8-13,17H2,1-7H3;15,17-18H,7-12,16H2,1-6H3,(H,30,31);1-3H3;2H,1H3;/q;;-1;;+1. The molecule has 2 aromatic rings. The summed E-state index contributed by atoms with van der Waals surface area (Å²) in [4.78, 5) is 96.0. The molecule has 0 bridgehead atoms. The molecule has 18 heteroatoms. The van der Waals surface area contributed by atoms with Gasteiger partial charge in [-0.3, -0.25) is 19.2 Å². The second kappa shape index (κ2) is 33.3. The number of nitrogens with zero attached hydrogens (tertiary/aromatic N) is 4. The van der Waals surface area contributed by atoms with Gasteiger partial charge in [0, 0.05) is 56.0 Å². The average molecular weight is 1100 g/mol. The predicted molar refractivity (Wildman–Crippen MR) is 294 cm³/mol. The van der Waals surface area contributed by atoms with E-state index in [1.54, 1.807) is 41.6 Å². The number of aliphatic hydroxyl groups excluding tert-OH is 1. The zero-order chi connectivity index (χ0) is 55.3. The molecule has 0 radical (unpaired) electrons. The maximum Gasteiger partial charge on any atom is 1.00 e. The summed E-state index contributed by atoms with van der Waals surface area (Å²) in [6.07, 6.45) is 7.03. The van der Waals surface area contributed by atoms with Gasteiger partial charge < -0.3 is 39.3 Å². The van der Waals surface area contributed by atoms with Gasteiger partial charge in [-0.1, -0.05) is 65.5 Å². The number of aliphatic hydroxyl groups is 1. The molecule has 0 saturated heterocycles. The van der Waals surface area contributed by atoms with Gasteiger partial charge >= 0.3 is 63.3 Å². The van der Waals surface area contributed by atoms with Crippen LogP contribution >= 0.6 is 22.7 Å². The Kier molecular flexibility index (Phi) is 32.0. The number of hydrogen-bond acceptors (Lipinski definition) is 11. The molecule has 2 fully saturated rings. The Balaban J connectivity index is 0.00000124. The summed E-state index contributed by atoms with van der Waals surface area (Å²) in [7, 11) is 0.460. The van der Waals surface area contributed by atoms with Crippen LogP contribution in [0.2, 0.25) is 19.6 Å². The van der Waals surface area contributed by atoms with Crippen molar-refractivity contribution in [2.45, 2.75) is 154 Å². The third-order valence-electron chi connectivity index (χ3n) is 11.8. The smallest absolute Gasteiger partial charge is 0.859 e. The number of hydrogen-bond donors (Lipinski definition) is 2. The molecule has 73 heavy (non-hydrogen) atoms. The first-order valence-electron chi connectivity index (χ1n) is 25.5. The molecular formula is C55H87KN4O10S2Si. The van der Waals surface area contributed by atoms with Crippen LogP contribution in [0.5, 0.6) is 0 Å². The minimum atomic E-state index is -1.86. The number of carboxylic acid groups (broad SMARTS) is 1. The van der Waals surface area contributed by atoms with Gasteiger partial charge in [0.15, 0.2) is 0 Å². The summed E-state index contributed by atoms with van der Waals surface area (Å²) in [5, 5.41) is 16.8. The van der Waals surface area contributed by atoms with Gasteiger partial charge in [0.25, 0.3) is 0 Å². The molecule has 404 valence electrons. The number of rotatable bonds is 14. The summed E-state index contributed by atoms with van der Waals surface area (Å²) in [5.74, 6) is 11.1. The van der Waals surface area contributed by atoms with Crippen LogP contribution in [0.15, 0.2) is 12.1 Å². The molecular weight excluding hydrogens is 1010 g/mol. The molecule has 0 aromatic carbocycles. The van der Waals surface area contributed by atoms with Gasteiger partial charge in [-0.05, 0) is 145 Å². The van der Waals surface area contributed by atoms with Crippen LogP contribution in [0.4, 0.5) is 11.4 Å². The Labute approximate surface area is 490 Å². The van der Waals surface area contributed by atoms with E-state index < -0.39 is 20.3 Å². The van der Waals surface area contributed by atoms with Crippen LogP contribution < -0.4 is 66.0 Å². The fraction of sp³-hybridized carbons (Fsp3) is 0.673. The third-order valence-corrected chi connectivity index (χ3v) is 13.8. The van der Waals surface area contributed by atoms with Crippen molar-refractivity contribution >= 4 is 77.9 Å². The first-order chi connectivity index (χ1) is 33.5. The first kappa shape index (κ1) is 70.1. The SMILES string of the molecule is CCN(CC)C(=O)CN(C(=O)C1CCC(C)CC1)c1cc(C#CC(C)(C)C)sc1C(=O)O.CCN(CC)C(=O)CN(C(=O)C1CCC(C)CC1)c1cc(C#CC(C)(C)C)sc1C(=O)OC.CO.C[Si](C)(C)[O-].[K+]. The van der Waals surface area contributed by atoms with Crippen molar-refractivity contribution in [3.63, 3.8) is 0 Å². The monoisotopic (exact) mass is 1090 g/mol. The molecule has 0 spiro atoms. The maximum absolute atomic E-state index is 13.7. The normalized spacial score (nSPS) is 17.2. The van der Waals surface area contributed by atoms with E-state index in [0.717, 1.165) is 69.8 Å². The Morgan fingerprint density at radius 2 is 0.945 bits per heavy atom. The minimum Gasteiger partial charge on any atom is -0.859 e. The van der Waals surface area contributed by atoms with E-state index >= 15 is 0 Å². The molecule has 14 nitrogen and oxygen atoms in total. The van der Waals surface area contributed by atoms with Crippen molar-refractivity contribution < 1.29 is 99.9 Å². The summed E-state index contributed by atoms with van der Waals surface area (Å²) in [6, 6.07) is 3.42. The van der Waals surface area contributed by atoms with Crippen molar-refractivity contribution in [2.75, 3.05) is 63.3 Å². The number of methoxy groups -OCH3 is 1. The van der Waals surface area contributed by atoms with E-state index in [1.807, 2.05) is 69.2 Å². The molecule has 2 aliphatic carbocycles. The van der Waals surface area contributed by atoms with Crippen molar-refractivity contribution in [2.24, 2.45) is 34.5 Å². The number of amides is 4. The van der Waals surface area contributed by atoms with Gasteiger partial charge in [0.2, 0.25) is 23.6 Å². The summed E-state index contributed by atoms with van der Waals surface area (Å²) >= 11 is 2.26. The summed E-state index contributed by atoms with van der Waals surface area (Å²) < 4.78 is 5.01. The van der Waals surface area contributed by atoms with Gasteiger partial charge in [0.1, 0.15) is 22.8 Å². The third kappa shape index (κ3) is 25.2. The molecule has 2 N–H and O–H groups in total. The Bertz CT molecular complexity index is 2210. The van der Waals surface area contributed by atoms with Crippen LogP contribution in [0.3, 0.4) is 0 Å². The van der Waals surface area contributed by atoms with E-state index in [9.17, 15) is 38.7 Å². The predicted octanol–water partition coefficient (Wildman–Crippen LogP) is 6.63. The Hall–Kier alpha value is -2.89. The molecule has 2 aromatic heterocycles. The Morgan fingerprint density at radius 1 is 0.644 bits per heavy atom. The van der Waals surface area contributed by atoms with Crippen LogP contribution in [0.25, 0.3) is 0 Å². The second-order valence-electron chi connectivity index (χ2n) is 21.5. The van der Waals surface area contributed by atoms with Crippen molar-refractivity contribution in [3.05, 3.63) is 31.6 Å². The molecule has 0 unspecified atom stereocenters. The maximum atomic E-state index is 13.7. The number of aromatic carboxylic acids is 1. The van der Waals surface area contributed by atoms with E-state index in [2.05, 4.69) is 37.5 Å². The zero-order valence-corrected chi connectivity index (χ0v) is 53.4. The quantitative estimate of drug-likeness (QED) is 0.118. The number of anilines is 2. The molecule has 4 rings (SSSR count). The number of carbonyl (C=O) groups excluding carboxylic acids is 5. The number of likely N-dealkylation sites (N-methyl/N-ethyl adjacent to an activating group) is 2. The second-order valence-corrected chi connectivity index (χ2v) is 27.8. The van der Waals surface area contributed by atoms with Crippen molar-refractivity contribution in [3.8, 4) is 23.7 Å². The largest absolute Gasteiger partial charge is 1.00 e. The minimum absolute atomic E-state index is 0. The fourth-order valence-electron chi connectivity index (χ4n) is 7.82. The molecule has 2 saturated carbocycles.